The van der Waals surface area contributed by atoms with Crippen molar-refractivity contribution in [3.8, 4) is 11.5 Å². The maximum Gasteiger partial charge on any atom is 0.147 e. The molecule has 6 heteroatoms. The van der Waals surface area contributed by atoms with Gasteiger partial charge in [-0.2, -0.15) is 0 Å². The Bertz CT molecular complexity index is 647. The molecular formula is C14H11BrCl3NO. The highest BCUT2D eigenvalue weighted by molar-refractivity contribution is 9.10. The molecule has 0 aliphatic heterocycles. The molecule has 0 saturated carbocycles. The summed E-state index contributed by atoms with van der Waals surface area (Å²) in [5.41, 5.74) is 6.85. The average Bonchev–Trinajstić information content (AvgIpc) is 2.35. The lowest BCUT2D eigenvalue weighted by atomic mass is 10.1. The molecule has 0 heterocycles. The van der Waals surface area contributed by atoms with Crippen LogP contribution in [-0.2, 0) is 0 Å². The third-order valence-electron chi connectivity index (χ3n) is 2.67. The van der Waals surface area contributed by atoms with Crippen molar-refractivity contribution in [3.05, 3.63) is 55.4 Å². The normalized spacial score (nSPS) is 12.3. The van der Waals surface area contributed by atoms with Gasteiger partial charge in [-0.05, 0) is 30.7 Å². The van der Waals surface area contributed by atoms with Gasteiger partial charge in [0.2, 0.25) is 0 Å². The monoisotopic (exact) mass is 393 g/mol. The summed E-state index contributed by atoms with van der Waals surface area (Å²) in [6, 6.07) is 8.62. The Labute approximate surface area is 140 Å². The van der Waals surface area contributed by atoms with Crippen LogP contribution < -0.4 is 10.5 Å². The maximum atomic E-state index is 6.07. The van der Waals surface area contributed by atoms with Crippen molar-refractivity contribution in [2.75, 3.05) is 0 Å². The van der Waals surface area contributed by atoms with Crippen molar-refractivity contribution >= 4 is 50.7 Å². The van der Waals surface area contributed by atoms with Crippen molar-refractivity contribution in [3.63, 3.8) is 0 Å². The van der Waals surface area contributed by atoms with Crippen molar-refractivity contribution in [2.45, 2.75) is 13.0 Å². The van der Waals surface area contributed by atoms with Gasteiger partial charge in [-0.3, -0.25) is 0 Å². The van der Waals surface area contributed by atoms with Gasteiger partial charge in [0, 0.05) is 16.6 Å². The lowest BCUT2D eigenvalue weighted by Gasteiger charge is -2.12. The van der Waals surface area contributed by atoms with E-state index in [-0.39, 0.29) is 6.04 Å². The van der Waals surface area contributed by atoms with E-state index in [1.54, 1.807) is 12.1 Å². The van der Waals surface area contributed by atoms with Crippen LogP contribution in [0.2, 0.25) is 15.1 Å². The van der Waals surface area contributed by atoms with Gasteiger partial charge in [0.25, 0.3) is 0 Å². The number of hydrogen-bond donors (Lipinski definition) is 1. The van der Waals surface area contributed by atoms with Crippen LogP contribution in [0.15, 0.2) is 34.8 Å². The van der Waals surface area contributed by atoms with Gasteiger partial charge in [-0.15, -0.1) is 0 Å². The summed E-state index contributed by atoms with van der Waals surface area (Å²) in [5.74, 6) is 1.07. The Hall–Kier alpha value is -0.450. The van der Waals surface area contributed by atoms with E-state index in [9.17, 15) is 0 Å². The summed E-state index contributed by atoms with van der Waals surface area (Å²) >= 11 is 21.4. The number of nitrogens with two attached hydrogens (primary N) is 1. The second-order valence-electron chi connectivity index (χ2n) is 4.27. The van der Waals surface area contributed by atoms with Gasteiger partial charge in [-0.1, -0.05) is 56.8 Å². The minimum Gasteiger partial charge on any atom is -0.456 e. The fourth-order valence-corrected chi connectivity index (χ4v) is 2.94. The van der Waals surface area contributed by atoms with Gasteiger partial charge in [0.05, 0.1) is 15.1 Å². The van der Waals surface area contributed by atoms with Gasteiger partial charge >= 0.3 is 0 Å². The van der Waals surface area contributed by atoms with Gasteiger partial charge in [-0.25, -0.2) is 0 Å². The predicted molar refractivity (Wildman–Crippen MR) is 88.3 cm³/mol. The zero-order valence-corrected chi connectivity index (χ0v) is 14.3. The van der Waals surface area contributed by atoms with E-state index in [4.69, 9.17) is 45.3 Å². The Balaban J connectivity index is 2.31. The number of ether oxygens (including phenoxy) is 1. The molecule has 0 spiro atoms. The summed E-state index contributed by atoms with van der Waals surface area (Å²) in [4.78, 5) is 0. The Kier molecular flexibility index (Phi) is 5.21. The second kappa shape index (κ2) is 6.54. The molecule has 0 radical (unpaired) electrons. The first-order valence-electron chi connectivity index (χ1n) is 5.76. The molecule has 0 bridgehead atoms. The third kappa shape index (κ3) is 3.60. The molecule has 2 aromatic rings. The van der Waals surface area contributed by atoms with E-state index in [2.05, 4.69) is 15.9 Å². The first-order chi connectivity index (χ1) is 9.38. The van der Waals surface area contributed by atoms with Gasteiger partial charge in [0.1, 0.15) is 11.5 Å². The summed E-state index contributed by atoms with van der Waals surface area (Å²) in [5, 5.41) is 1.17. The van der Waals surface area contributed by atoms with Crippen LogP contribution in [0.1, 0.15) is 18.5 Å². The number of rotatable bonds is 3. The predicted octanol–water partition coefficient (Wildman–Crippen LogP) is 6.22. The van der Waals surface area contributed by atoms with E-state index in [0.717, 1.165) is 10.0 Å². The van der Waals surface area contributed by atoms with Crippen molar-refractivity contribution in [1.82, 2.24) is 0 Å². The molecule has 0 aromatic heterocycles. The Morgan fingerprint density at radius 3 is 2.30 bits per heavy atom. The van der Waals surface area contributed by atoms with Crippen LogP contribution >= 0.6 is 50.7 Å². The first kappa shape index (κ1) is 15.9. The molecule has 0 saturated heterocycles. The zero-order chi connectivity index (χ0) is 14.9. The molecule has 2 rings (SSSR count). The Morgan fingerprint density at radius 2 is 1.70 bits per heavy atom. The lowest BCUT2D eigenvalue weighted by Crippen LogP contribution is -2.05. The molecule has 1 atom stereocenters. The molecule has 2 nitrogen and oxygen atoms in total. The fraction of sp³-hybridized carbons (Fsp3) is 0.143. The number of hydrogen-bond acceptors (Lipinski definition) is 2. The molecule has 0 aliphatic rings. The first-order valence-corrected chi connectivity index (χ1v) is 7.68. The molecule has 0 aliphatic carbocycles. The van der Waals surface area contributed by atoms with Crippen LogP contribution in [0.4, 0.5) is 0 Å². The standard InChI is InChI=1S/C14H11BrCl3NO/c1-7(19)9-3-2-8(4-10(9)15)20-14-6-12(17)11(16)5-13(14)18/h2-7H,19H2,1H3. The largest absolute Gasteiger partial charge is 0.456 e. The van der Waals surface area contributed by atoms with E-state index < -0.39 is 0 Å². The highest BCUT2D eigenvalue weighted by atomic mass is 79.9. The molecule has 2 N–H and O–H groups in total. The summed E-state index contributed by atoms with van der Waals surface area (Å²) < 4.78 is 6.59. The molecule has 0 amide bonds. The molecule has 106 valence electrons. The smallest absolute Gasteiger partial charge is 0.147 e. The third-order valence-corrected chi connectivity index (χ3v) is 4.37. The van der Waals surface area contributed by atoms with Gasteiger partial charge < -0.3 is 10.5 Å². The van der Waals surface area contributed by atoms with Crippen LogP contribution in [0.25, 0.3) is 0 Å². The fourth-order valence-electron chi connectivity index (χ4n) is 1.65. The van der Waals surface area contributed by atoms with Crippen molar-refractivity contribution in [1.29, 1.82) is 0 Å². The number of halogens is 4. The highest BCUT2D eigenvalue weighted by Gasteiger charge is 2.10. The molecule has 2 aromatic carbocycles. The summed E-state index contributed by atoms with van der Waals surface area (Å²) in [6.45, 7) is 1.91. The topological polar surface area (TPSA) is 35.2 Å². The minimum atomic E-state index is -0.0630. The van der Waals surface area contributed by atoms with Crippen LogP contribution in [0.3, 0.4) is 0 Å². The molecule has 20 heavy (non-hydrogen) atoms. The Morgan fingerprint density at radius 1 is 1.05 bits per heavy atom. The highest BCUT2D eigenvalue weighted by Crippen LogP contribution is 2.37. The minimum absolute atomic E-state index is 0.0630. The van der Waals surface area contributed by atoms with Crippen molar-refractivity contribution < 1.29 is 4.74 Å². The SMILES string of the molecule is CC(N)c1ccc(Oc2cc(Cl)c(Cl)cc2Cl)cc1Br. The van der Waals surface area contributed by atoms with Crippen LogP contribution in [-0.4, -0.2) is 0 Å². The molecular weight excluding hydrogens is 384 g/mol. The summed E-state index contributed by atoms with van der Waals surface area (Å²) in [6.07, 6.45) is 0. The van der Waals surface area contributed by atoms with Crippen LogP contribution in [0, 0.1) is 0 Å². The second-order valence-corrected chi connectivity index (χ2v) is 6.35. The van der Waals surface area contributed by atoms with E-state index >= 15 is 0 Å². The molecule has 0 fully saturated rings. The quantitative estimate of drug-likeness (QED) is 0.626. The lowest BCUT2D eigenvalue weighted by molar-refractivity contribution is 0.482. The average molecular weight is 396 g/mol. The van der Waals surface area contributed by atoms with Crippen molar-refractivity contribution in [2.24, 2.45) is 5.73 Å². The van der Waals surface area contributed by atoms with E-state index in [1.807, 2.05) is 25.1 Å². The van der Waals surface area contributed by atoms with E-state index in [1.165, 1.54) is 0 Å². The van der Waals surface area contributed by atoms with Crippen LogP contribution in [0.5, 0.6) is 11.5 Å². The maximum absolute atomic E-state index is 6.07. The van der Waals surface area contributed by atoms with Gasteiger partial charge in [0.15, 0.2) is 0 Å². The molecule has 1 unspecified atom stereocenters. The summed E-state index contributed by atoms with van der Waals surface area (Å²) in [7, 11) is 0. The van der Waals surface area contributed by atoms with E-state index in [0.29, 0.717) is 26.6 Å². The number of benzene rings is 2. The zero-order valence-electron chi connectivity index (χ0n) is 10.5.